The van der Waals surface area contributed by atoms with E-state index in [2.05, 4.69) is 43.3 Å². The summed E-state index contributed by atoms with van der Waals surface area (Å²) in [6.45, 7) is 3.48. The van der Waals surface area contributed by atoms with Gasteiger partial charge in [0.05, 0.1) is 18.6 Å². The van der Waals surface area contributed by atoms with Crippen LogP contribution in [-0.2, 0) is 16.0 Å². The summed E-state index contributed by atoms with van der Waals surface area (Å²) in [5.74, 6) is 0.713. The molecule has 2 atom stereocenters. The molecule has 2 aliphatic rings. The quantitative estimate of drug-likeness (QED) is 0.799. The van der Waals surface area contributed by atoms with Gasteiger partial charge >= 0.3 is 0 Å². The second-order valence-corrected chi connectivity index (χ2v) is 6.98. The van der Waals surface area contributed by atoms with E-state index in [4.69, 9.17) is 4.74 Å². The Morgan fingerprint density at radius 1 is 1.22 bits per heavy atom. The zero-order valence-electron chi connectivity index (χ0n) is 15.5. The molecule has 27 heavy (non-hydrogen) atoms. The van der Waals surface area contributed by atoms with Gasteiger partial charge in [0.2, 0.25) is 11.9 Å². The first kappa shape index (κ1) is 17.7. The number of nitrogens with one attached hydrogen (secondary N) is 1. The first-order valence-electron chi connectivity index (χ1n) is 9.41. The van der Waals surface area contributed by atoms with Gasteiger partial charge in [0.15, 0.2) is 0 Å². The minimum absolute atomic E-state index is 0.0902. The number of benzene rings is 1. The fourth-order valence-electron chi connectivity index (χ4n) is 4.10. The summed E-state index contributed by atoms with van der Waals surface area (Å²) in [6, 6.07) is 10.3. The Hall–Kier alpha value is -2.67. The third-order valence-electron chi connectivity index (χ3n) is 5.40. The lowest BCUT2D eigenvalue weighted by Gasteiger charge is -2.49. The second-order valence-electron chi connectivity index (χ2n) is 6.98. The highest BCUT2D eigenvalue weighted by Crippen LogP contribution is 2.36. The molecule has 0 aliphatic carbocycles. The third-order valence-corrected chi connectivity index (χ3v) is 5.40. The average Bonchev–Trinajstić information content (AvgIpc) is 2.73. The fourth-order valence-corrected chi connectivity index (χ4v) is 4.10. The van der Waals surface area contributed by atoms with E-state index in [0.29, 0.717) is 13.2 Å². The van der Waals surface area contributed by atoms with E-state index in [9.17, 15) is 4.79 Å². The SMILES string of the molecule is COCCNC(=O)[C@H]1Cc2ccccc2N2CCN(c3ncccn3)C[C@@H]12. The number of ether oxygens (including phenoxy) is 1. The molecule has 142 valence electrons. The number of hydrogen-bond donors (Lipinski definition) is 1. The van der Waals surface area contributed by atoms with Gasteiger partial charge in [-0.05, 0) is 24.1 Å². The third kappa shape index (κ3) is 3.60. The maximum absolute atomic E-state index is 12.9. The standard InChI is InChI=1S/C20H25N5O2/c1-27-12-9-21-19(26)16-13-15-5-2-3-6-17(15)25-11-10-24(14-18(16)25)20-22-7-4-8-23-20/h2-8,16,18H,9-14H2,1H3,(H,21,26)/t16-,18-/m0/s1. The molecule has 4 rings (SSSR count). The van der Waals surface area contributed by atoms with Crippen LogP contribution >= 0.6 is 0 Å². The zero-order chi connectivity index (χ0) is 18.6. The molecule has 0 spiro atoms. The summed E-state index contributed by atoms with van der Waals surface area (Å²) in [5.41, 5.74) is 2.49. The number of carbonyl (C=O) groups is 1. The van der Waals surface area contributed by atoms with Crippen LogP contribution < -0.4 is 15.1 Å². The molecule has 1 amide bonds. The van der Waals surface area contributed by atoms with Crippen molar-refractivity contribution in [1.82, 2.24) is 15.3 Å². The molecule has 7 heteroatoms. The van der Waals surface area contributed by atoms with E-state index >= 15 is 0 Å². The molecule has 1 aromatic heterocycles. The lowest BCUT2D eigenvalue weighted by atomic mass is 9.83. The normalized spacial score (nSPS) is 21.4. The van der Waals surface area contributed by atoms with Crippen molar-refractivity contribution < 1.29 is 9.53 Å². The van der Waals surface area contributed by atoms with Gasteiger partial charge in [0.25, 0.3) is 0 Å². The monoisotopic (exact) mass is 367 g/mol. The summed E-state index contributed by atoms with van der Waals surface area (Å²) < 4.78 is 5.07. The van der Waals surface area contributed by atoms with E-state index in [-0.39, 0.29) is 17.9 Å². The van der Waals surface area contributed by atoms with Crippen LogP contribution in [0.25, 0.3) is 0 Å². The van der Waals surface area contributed by atoms with Crippen LogP contribution in [0, 0.1) is 5.92 Å². The second kappa shape index (κ2) is 7.92. The molecule has 1 N–H and O–H groups in total. The Balaban J connectivity index is 1.59. The first-order valence-corrected chi connectivity index (χ1v) is 9.41. The Morgan fingerprint density at radius 2 is 2.04 bits per heavy atom. The number of piperazine rings is 1. The minimum Gasteiger partial charge on any atom is -0.383 e. The number of rotatable bonds is 5. The van der Waals surface area contributed by atoms with Gasteiger partial charge in [0, 0.05) is 51.4 Å². The van der Waals surface area contributed by atoms with Crippen molar-refractivity contribution in [3.05, 3.63) is 48.3 Å². The molecule has 0 saturated carbocycles. The summed E-state index contributed by atoms with van der Waals surface area (Å²) in [6.07, 6.45) is 4.28. The molecule has 0 bridgehead atoms. The number of hydrogen-bond acceptors (Lipinski definition) is 6. The Kier molecular flexibility index (Phi) is 5.20. The maximum Gasteiger partial charge on any atom is 0.225 e. The number of nitrogens with zero attached hydrogens (tertiary/aromatic N) is 4. The molecular weight excluding hydrogens is 342 g/mol. The molecule has 2 aromatic rings. The van der Waals surface area contributed by atoms with E-state index in [1.54, 1.807) is 19.5 Å². The fraction of sp³-hybridized carbons (Fsp3) is 0.450. The smallest absolute Gasteiger partial charge is 0.225 e. The molecule has 0 radical (unpaired) electrons. The molecule has 1 aromatic carbocycles. The number of methoxy groups -OCH3 is 1. The van der Waals surface area contributed by atoms with Crippen molar-refractivity contribution in [1.29, 1.82) is 0 Å². The van der Waals surface area contributed by atoms with Crippen molar-refractivity contribution in [2.24, 2.45) is 5.92 Å². The summed E-state index contributed by atoms with van der Waals surface area (Å²) in [5, 5.41) is 3.03. The molecule has 0 unspecified atom stereocenters. The molecule has 3 heterocycles. The van der Waals surface area contributed by atoms with Crippen LogP contribution in [-0.4, -0.2) is 61.8 Å². The lowest BCUT2D eigenvalue weighted by Crippen LogP contribution is -2.61. The van der Waals surface area contributed by atoms with E-state index in [0.717, 1.165) is 32.0 Å². The molecular formula is C20H25N5O2. The van der Waals surface area contributed by atoms with Crippen LogP contribution in [0.3, 0.4) is 0 Å². The van der Waals surface area contributed by atoms with Gasteiger partial charge in [-0.1, -0.05) is 18.2 Å². The van der Waals surface area contributed by atoms with Gasteiger partial charge in [-0.25, -0.2) is 9.97 Å². The predicted molar refractivity (Wildman–Crippen MR) is 104 cm³/mol. The molecule has 2 aliphatic heterocycles. The van der Waals surface area contributed by atoms with Gasteiger partial charge in [0.1, 0.15) is 0 Å². The highest BCUT2D eigenvalue weighted by Gasteiger charge is 2.41. The number of carbonyl (C=O) groups excluding carboxylic acids is 1. The van der Waals surface area contributed by atoms with Crippen molar-refractivity contribution in [2.45, 2.75) is 12.5 Å². The van der Waals surface area contributed by atoms with Crippen LogP contribution in [0.4, 0.5) is 11.6 Å². The largest absolute Gasteiger partial charge is 0.383 e. The summed E-state index contributed by atoms with van der Waals surface area (Å²) in [4.78, 5) is 26.3. The highest BCUT2D eigenvalue weighted by atomic mass is 16.5. The van der Waals surface area contributed by atoms with Crippen LogP contribution in [0.15, 0.2) is 42.7 Å². The Morgan fingerprint density at radius 3 is 2.85 bits per heavy atom. The van der Waals surface area contributed by atoms with E-state index in [1.807, 2.05) is 12.1 Å². The van der Waals surface area contributed by atoms with Crippen molar-refractivity contribution in [3.63, 3.8) is 0 Å². The zero-order valence-corrected chi connectivity index (χ0v) is 15.5. The van der Waals surface area contributed by atoms with Crippen molar-refractivity contribution in [3.8, 4) is 0 Å². The minimum atomic E-state index is -0.108. The lowest BCUT2D eigenvalue weighted by molar-refractivity contribution is -0.126. The topological polar surface area (TPSA) is 70.6 Å². The van der Waals surface area contributed by atoms with Gasteiger partial charge in [-0.3, -0.25) is 4.79 Å². The number of aromatic nitrogens is 2. The van der Waals surface area contributed by atoms with E-state index < -0.39 is 0 Å². The highest BCUT2D eigenvalue weighted by molar-refractivity contribution is 5.82. The van der Waals surface area contributed by atoms with Crippen LogP contribution in [0.1, 0.15) is 5.56 Å². The average molecular weight is 367 g/mol. The summed E-state index contributed by atoms with van der Waals surface area (Å²) in [7, 11) is 1.64. The number of para-hydroxylation sites is 1. The maximum atomic E-state index is 12.9. The van der Waals surface area contributed by atoms with Crippen molar-refractivity contribution >= 4 is 17.5 Å². The van der Waals surface area contributed by atoms with E-state index in [1.165, 1.54) is 11.3 Å². The van der Waals surface area contributed by atoms with Crippen LogP contribution in [0.2, 0.25) is 0 Å². The van der Waals surface area contributed by atoms with Gasteiger partial charge < -0.3 is 19.9 Å². The number of fused-ring (bicyclic) bond motifs is 3. The van der Waals surface area contributed by atoms with Gasteiger partial charge in [-0.15, -0.1) is 0 Å². The first-order chi connectivity index (χ1) is 13.3. The Labute approximate surface area is 159 Å². The van der Waals surface area contributed by atoms with Crippen molar-refractivity contribution in [2.75, 3.05) is 49.7 Å². The predicted octanol–water partition coefficient (Wildman–Crippen LogP) is 1.11. The number of anilines is 2. The number of amides is 1. The van der Waals surface area contributed by atoms with Crippen LogP contribution in [0.5, 0.6) is 0 Å². The Bertz CT molecular complexity index is 785. The molecule has 1 fully saturated rings. The summed E-state index contributed by atoms with van der Waals surface area (Å²) >= 11 is 0. The molecule has 7 nitrogen and oxygen atoms in total. The van der Waals surface area contributed by atoms with Gasteiger partial charge in [-0.2, -0.15) is 0 Å². The molecule has 1 saturated heterocycles.